The molecule has 0 aromatic heterocycles. The van der Waals surface area contributed by atoms with Crippen molar-refractivity contribution >= 4 is 11.5 Å². The zero-order valence-corrected chi connectivity index (χ0v) is 12.3. The maximum Gasteiger partial charge on any atom is 0.164 e. The molecule has 110 valence electrons. The number of rotatable bonds is 7. The molecule has 0 radical (unpaired) electrons. The molecule has 0 heterocycles. The van der Waals surface area contributed by atoms with Crippen LogP contribution in [0.15, 0.2) is 48.5 Å². The first-order valence-electron chi connectivity index (χ1n) is 6.78. The Labute approximate surface area is 124 Å². The van der Waals surface area contributed by atoms with Crippen LogP contribution in [0.3, 0.4) is 0 Å². The van der Waals surface area contributed by atoms with E-state index in [-0.39, 0.29) is 5.78 Å². The number of carbonyl (C=O) groups is 1. The van der Waals surface area contributed by atoms with Crippen LogP contribution >= 0.6 is 0 Å². The summed E-state index contributed by atoms with van der Waals surface area (Å²) in [6.07, 6.45) is 0.421. The molecule has 0 saturated carbocycles. The Kier molecular flexibility index (Phi) is 5.21. The van der Waals surface area contributed by atoms with E-state index in [1.54, 1.807) is 32.4 Å². The van der Waals surface area contributed by atoms with Gasteiger partial charge in [-0.15, -0.1) is 0 Å². The summed E-state index contributed by atoms with van der Waals surface area (Å²) < 4.78 is 10.4. The van der Waals surface area contributed by atoms with Gasteiger partial charge in [-0.1, -0.05) is 18.2 Å². The van der Waals surface area contributed by atoms with E-state index in [9.17, 15) is 4.79 Å². The van der Waals surface area contributed by atoms with Crippen molar-refractivity contribution < 1.29 is 14.3 Å². The number of Topliss-reactive ketones (excluding diaryl/α,β-unsaturated/α-hetero) is 1. The third kappa shape index (κ3) is 3.99. The predicted octanol–water partition coefficient (Wildman–Crippen LogP) is 3.39. The van der Waals surface area contributed by atoms with Gasteiger partial charge in [-0.25, -0.2) is 0 Å². The molecule has 0 atom stereocenters. The van der Waals surface area contributed by atoms with E-state index >= 15 is 0 Å². The first-order valence-corrected chi connectivity index (χ1v) is 6.78. The maximum atomic E-state index is 12.2. The average Bonchev–Trinajstić information content (AvgIpc) is 2.55. The van der Waals surface area contributed by atoms with Crippen LogP contribution in [0.1, 0.15) is 16.8 Å². The lowest BCUT2D eigenvalue weighted by Gasteiger charge is -2.09. The van der Waals surface area contributed by atoms with Crippen molar-refractivity contribution in [2.75, 3.05) is 26.1 Å². The van der Waals surface area contributed by atoms with Crippen LogP contribution in [-0.4, -0.2) is 26.5 Å². The SMILES string of the molecule is COc1ccc(C(=O)CCNc2ccccc2)cc1OC. The van der Waals surface area contributed by atoms with Gasteiger partial charge in [0.15, 0.2) is 17.3 Å². The summed E-state index contributed by atoms with van der Waals surface area (Å²) in [5, 5.41) is 3.22. The molecular formula is C17H19NO3. The van der Waals surface area contributed by atoms with Crippen molar-refractivity contribution in [2.45, 2.75) is 6.42 Å². The van der Waals surface area contributed by atoms with Gasteiger partial charge in [0.05, 0.1) is 14.2 Å². The van der Waals surface area contributed by atoms with Crippen molar-refractivity contribution in [3.63, 3.8) is 0 Å². The molecule has 0 saturated heterocycles. The fourth-order valence-electron chi connectivity index (χ4n) is 2.03. The largest absolute Gasteiger partial charge is 0.493 e. The van der Waals surface area contributed by atoms with E-state index in [1.807, 2.05) is 30.3 Å². The standard InChI is InChI=1S/C17H19NO3/c1-20-16-9-8-13(12-17(16)21-2)15(19)10-11-18-14-6-4-3-5-7-14/h3-9,12,18H,10-11H2,1-2H3. The van der Waals surface area contributed by atoms with Crippen LogP contribution < -0.4 is 14.8 Å². The minimum Gasteiger partial charge on any atom is -0.493 e. The summed E-state index contributed by atoms with van der Waals surface area (Å²) in [5.41, 5.74) is 1.64. The second-order valence-corrected chi connectivity index (χ2v) is 4.54. The van der Waals surface area contributed by atoms with Crippen LogP contribution in [0.2, 0.25) is 0 Å². The Bertz CT molecular complexity index is 596. The highest BCUT2D eigenvalue weighted by Gasteiger charge is 2.10. The van der Waals surface area contributed by atoms with E-state index in [4.69, 9.17) is 9.47 Å². The van der Waals surface area contributed by atoms with Gasteiger partial charge in [0.2, 0.25) is 0 Å². The van der Waals surface area contributed by atoms with E-state index in [0.29, 0.717) is 30.0 Å². The van der Waals surface area contributed by atoms with Crippen LogP contribution in [0.4, 0.5) is 5.69 Å². The van der Waals surface area contributed by atoms with E-state index in [0.717, 1.165) is 5.69 Å². The first-order chi connectivity index (χ1) is 10.2. The fourth-order valence-corrected chi connectivity index (χ4v) is 2.03. The molecule has 0 amide bonds. The summed E-state index contributed by atoms with van der Waals surface area (Å²) >= 11 is 0. The van der Waals surface area contributed by atoms with Crippen molar-refractivity contribution in [1.82, 2.24) is 0 Å². The van der Waals surface area contributed by atoms with Crippen molar-refractivity contribution in [3.05, 3.63) is 54.1 Å². The van der Waals surface area contributed by atoms with Gasteiger partial charge < -0.3 is 14.8 Å². The molecule has 0 aliphatic heterocycles. The average molecular weight is 285 g/mol. The van der Waals surface area contributed by atoms with E-state index in [1.165, 1.54) is 0 Å². The quantitative estimate of drug-likeness (QED) is 0.792. The highest BCUT2D eigenvalue weighted by molar-refractivity contribution is 5.97. The number of hydrogen-bond donors (Lipinski definition) is 1. The smallest absolute Gasteiger partial charge is 0.164 e. The molecule has 2 aromatic carbocycles. The summed E-state index contributed by atoms with van der Waals surface area (Å²) in [4.78, 5) is 12.2. The number of anilines is 1. The van der Waals surface area contributed by atoms with E-state index < -0.39 is 0 Å². The van der Waals surface area contributed by atoms with Crippen LogP contribution in [0, 0.1) is 0 Å². The molecule has 2 rings (SSSR count). The van der Waals surface area contributed by atoms with Crippen molar-refractivity contribution in [3.8, 4) is 11.5 Å². The normalized spacial score (nSPS) is 10.0. The molecule has 0 bridgehead atoms. The molecule has 21 heavy (non-hydrogen) atoms. The summed E-state index contributed by atoms with van der Waals surface area (Å²) in [7, 11) is 3.13. The molecule has 0 spiro atoms. The summed E-state index contributed by atoms with van der Waals surface area (Å²) in [6, 6.07) is 15.0. The van der Waals surface area contributed by atoms with Gasteiger partial charge in [0.1, 0.15) is 0 Å². The fraction of sp³-hybridized carbons (Fsp3) is 0.235. The number of para-hydroxylation sites is 1. The number of benzene rings is 2. The van der Waals surface area contributed by atoms with Crippen LogP contribution in [0.5, 0.6) is 11.5 Å². The van der Waals surface area contributed by atoms with Gasteiger partial charge >= 0.3 is 0 Å². The van der Waals surface area contributed by atoms with E-state index in [2.05, 4.69) is 5.32 Å². The minimum absolute atomic E-state index is 0.0689. The molecule has 4 nitrogen and oxygen atoms in total. The minimum atomic E-state index is 0.0689. The van der Waals surface area contributed by atoms with Crippen LogP contribution in [-0.2, 0) is 0 Å². The number of carbonyl (C=O) groups excluding carboxylic acids is 1. The Balaban J connectivity index is 1.94. The monoisotopic (exact) mass is 285 g/mol. The lowest BCUT2D eigenvalue weighted by molar-refractivity contribution is 0.0986. The van der Waals surface area contributed by atoms with Gasteiger partial charge in [-0.2, -0.15) is 0 Å². The second kappa shape index (κ2) is 7.33. The molecule has 1 N–H and O–H groups in total. The highest BCUT2D eigenvalue weighted by atomic mass is 16.5. The number of ketones is 1. The molecule has 0 fully saturated rings. The maximum absolute atomic E-state index is 12.2. The summed E-state index contributed by atoms with van der Waals surface area (Å²) in [5.74, 6) is 1.26. The van der Waals surface area contributed by atoms with Crippen molar-refractivity contribution in [2.24, 2.45) is 0 Å². The Hall–Kier alpha value is -2.49. The molecular weight excluding hydrogens is 266 g/mol. The lowest BCUT2D eigenvalue weighted by Crippen LogP contribution is -2.09. The zero-order valence-electron chi connectivity index (χ0n) is 12.3. The van der Waals surface area contributed by atoms with Gasteiger partial charge in [-0.05, 0) is 30.3 Å². The number of methoxy groups -OCH3 is 2. The van der Waals surface area contributed by atoms with Crippen molar-refractivity contribution in [1.29, 1.82) is 0 Å². The Morgan fingerprint density at radius 3 is 2.38 bits per heavy atom. The number of nitrogens with one attached hydrogen (secondary N) is 1. The number of ether oxygens (including phenoxy) is 2. The topological polar surface area (TPSA) is 47.6 Å². The molecule has 0 aliphatic carbocycles. The molecule has 0 unspecified atom stereocenters. The molecule has 0 aliphatic rings. The Morgan fingerprint density at radius 2 is 1.71 bits per heavy atom. The van der Waals surface area contributed by atoms with Crippen LogP contribution in [0.25, 0.3) is 0 Å². The second-order valence-electron chi connectivity index (χ2n) is 4.54. The Morgan fingerprint density at radius 1 is 1.00 bits per heavy atom. The summed E-state index contributed by atoms with van der Waals surface area (Å²) in [6.45, 7) is 0.594. The first kappa shape index (κ1) is 14.9. The lowest BCUT2D eigenvalue weighted by atomic mass is 10.1. The van der Waals surface area contributed by atoms with Gasteiger partial charge in [-0.3, -0.25) is 4.79 Å². The molecule has 2 aromatic rings. The number of hydrogen-bond acceptors (Lipinski definition) is 4. The zero-order chi connectivity index (χ0) is 15.1. The highest BCUT2D eigenvalue weighted by Crippen LogP contribution is 2.27. The predicted molar refractivity (Wildman–Crippen MR) is 83.4 cm³/mol. The van der Waals surface area contributed by atoms with Gasteiger partial charge in [0, 0.05) is 24.2 Å². The third-order valence-corrected chi connectivity index (χ3v) is 3.16. The van der Waals surface area contributed by atoms with Gasteiger partial charge in [0.25, 0.3) is 0 Å². The third-order valence-electron chi connectivity index (χ3n) is 3.16. The molecule has 4 heteroatoms.